The predicted molar refractivity (Wildman–Crippen MR) is 91.6 cm³/mol. The van der Waals surface area contributed by atoms with Crippen molar-refractivity contribution in [3.63, 3.8) is 0 Å². The minimum Gasteiger partial charge on any atom is -0.354 e. The molecule has 2 atom stereocenters. The molecule has 5 nitrogen and oxygen atoms in total. The van der Waals surface area contributed by atoms with Crippen LogP contribution in [0, 0.1) is 11.7 Å². The lowest BCUT2D eigenvalue weighted by atomic mass is 9.95. The first-order chi connectivity index (χ1) is 12.0. The molecule has 1 aromatic heterocycles. The molecule has 0 bridgehead atoms. The smallest absolute Gasteiger partial charge is 0.269 e. The largest absolute Gasteiger partial charge is 0.354 e. The van der Waals surface area contributed by atoms with Crippen LogP contribution in [0.5, 0.6) is 0 Å². The van der Waals surface area contributed by atoms with E-state index in [-0.39, 0.29) is 35.3 Å². The summed E-state index contributed by atoms with van der Waals surface area (Å²) < 4.78 is 13.6. The van der Waals surface area contributed by atoms with Crippen LogP contribution in [0.3, 0.4) is 0 Å². The molecule has 130 valence electrons. The summed E-state index contributed by atoms with van der Waals surface area (Å²) in [4.78, 5) is 30.3. The number of hydrogen-bond donors (Lipinski definition) is 1. The van der Waals surface area contributed by atoms with Gasteiger partial charge in [-0.2, -0.15) is 0 Å². The number of benzene rings is 1. The Hall–Kier alpha value is -2.76. The maximum absolute atomic E-state index is 13.6. The zero-order valence-electron chi connectivity index (χ0n) is 14.2. The highest BCUT2D eigenvalue weighted by Gasteiger charge is 2.36. The number of pyridine rings is 1. The monoisotopic (exact) mass is 341 g/mol. The maximum atomic E-state index is 13.6. The number of carbonyl (C=O) groups excluding carboxylic acids is 2. The van der Waals surface area contributed by atoms with Crippen LogP contribution in [0.2, 0.25) is 0 Å². The SMILES string of the molecule is CNC(=O)c1ccc(C(=O)N2CCC(C)C2c2cccc(F)c2)cn1. The van der Waals surface area contributed by atoms with Crippen molar-refractivity contribution in [3.8, 4) is 0 Å². The number of likely N-dealkylation sites (tertiary alicyclic amines) is 1. The average Bonchev–Trinajstić information content (AvgIpc) is 3.02. The number of hydrogen-bond acceptors (Lipinski definition) is 3. The van der Waals surface area contributed by atoms with Gasteiger partial charge in [0, 0.05) is 19.8 Å². The Morgan fingerprint density at radius 1 is 1.28 bits per heavy atom. The van der Waals surface area contributed by atoms with E-state index >= 15 is 0 Å². The highest BCUT2D eigenvalue weighted by Crippen LogP contribution is 2.38. The number of carbonyl (C=O) groups is 2. The lowest BCUT2D eigenvalue weighted by molar-refractivity contribution is 0.0719. The third-order valence-electron chi connectivity index (χ3n) is 4.62. The standard InChI is InChI=1S/C19H20FN3O2/c1-12-8-9-23(17(12)13-4-3-5-15(20)10-13)19(25)14-6-7-16(22-11-14)18(24)21-2/h3-7,10-12,17H,8-9H2,1-2H3,(H,21,24). The molecular formula is C19H20FN3O2. The molecular weight excluding hydrogens is 321 g/mol. The van der Waals surface area contributed by atoms with Gasteiger partial charge in [0.05, 0.1) is 11.6 Å². The number of amides is 2. The van der Waals surface area contributed by atoms with E-state index in [2.05, 4.69) is 17.2 Å². The summed E-state index contributed by atoms with van der Waals surface area (Å²) in [5, 5.41) is 2.49. The summed E-state index contributed by atoms with van der Waals surface area (Å²) in [5.74, 6) is -0.523. The molecule has 1 fully saturated rings. The highest BCUT2D eigenvalue weighted by molar-refractivity contribution is 5.96. The third kappa shape index (κ3) is 3.38. The molecule has 25 heavy (non-hydrogen) atoms. The van der Waals surface area contributed by atoms with Crippen LogP contribution in [-0.4, -0.2) is 35.3 Å². The van der Waals surface area contributed by atoms with Gasteiger partial charge in [0.15, 0.2) is 0 Å². The molecule has 2 amide bonds. The van der Waals surface area contributed by atoms with Crippen LogP contribution in [0.25, 0.3) is 0 Å². The Balaban J connectivity index is 1.86. The van der Waals surface area contributed by atoms with Crippen molar-refractivity contribution in [1.29, 1.82) is 0 Å². The Bertz CT molecular complexity index is 792. The summed E-state index contributed by atoms with van der Waals surface area (Å²) in [6.45, 7) is 2.67. The Labute approximate surface area is 145 Å². The Morgan fingerprint density at radius 3 is 2.72 bits per heavy atom. The molecule has 6 heteroatoms. The van der Waals surface area contributed by atoms with E-state index in [1.165, 1.54) is 31.4 Å². The van der Waals surface area contributed by atoms with Crippen LogP contribution in [0.1, 0.15) is 45.8 Å². The molecule has 0 aliphatic carbocycles. The van der Waals surface area contributed by atoms with Crippen LogP contribution < -0.4 is 5.32 Å². The molecule has 0 spiro atoms. The van der Waals surface area contributed by atoms with Gasteiger partial charge in [0.1, 0.15) is 11.5 Å². The average molecular weight is 341 g/mol. The predicted octanol–water partition coefficient (Wildman–Crippen LogP) is 2.80. The fourth-order valence-electron chi connectivity index (χ4n) is 3.32. The van der Waals surface area contributed by atoms with Gasteiger partial charge in [-0.25, -0.2) is 4.39 Å². The van der Waals surface area contributed by atoms with Gasteiger partial charge in [0.2, 0.25) is 0 Å². The minimum absolute atomic E-state index is 0.158. The summed E-state index contributed by atoms with van der Waals surface area (Å²) in [6, 6.07) is 9.37. The van der Waals surface area contributed by atoms with Crippen LogP contribution >= 0.6 is 0 Å². The molecule has 1 aliphatic heterocycles. The molecule has 1 N–H and O–H groups in total. The maximum Gasteiger partial charge on any atom is 0.269 e. The molecule has 1 aromatic carbocycles. The summed E-state index contributed by atoms with van der Waals surface area (Å²) in [6.07, 6.45) is 2.27. The molecule has 2 heterocycles. The normalized spacial score (nSPS) is 19.7. The number of nitrogens with one attached hydrogen (secondary N) is 1. The van der Waals surface area contributed by atoms with Gasteiger partial charge < -0.3 is 10.2 Å². The van der Waals surface area contributed by atoms with Gasteiger partial charge in [-0.15, -0.1) is 0 Å². The van der Waals surface area contributed by atoms with E-state index in [0.29, 0.717) is 12.1 Å². The van der Waals surface area contributed by atoms with Crippen molar-refractivity contribution >= 4 is 11.8 Å². The van der Waals surface area contributed by atoms with Crippen molar-refractivity contribution in [2.75, 3.05) is 13.6 Å². The first kappa shape index (κ1) is 17.1. The lowest BCUT2D eigenvalue weighted by Gasteiger charge is -2.27. The summed E-state index contributed by atoms with van der Waals surface area (Å²) >= 11 is 0. The van der Waals surface area contributed by atoms with E-state index in [4.69, 9.17) is 0 Å². The molecule has 1 saturated heterocycles. The molecule has 2 unspecified atom stereocenters. The second-order valence-corrected chi connectivity index (χ2v) is 6.28. The number of nitrogens with zero attached hydrogens (tertiary/aromatic N) is 2. The number of aromatic nitrogens is 1. The van der Waals surface area contributed by atoms with Gasteiger partial charge in [-0.05, 0) is 42.2 Å². The van der Waals surface area contributed by atoms with Crippen LogP contribution in [0.4, 0.5) is 4.39 Å². The molecule has 3 rings (SSSR count). The number of halogens is 1. The molecule has 2 aromatic rings. The second kappa shape index (κ2) is 7.01. The highest BCUT2D eigenvalue weighted by atomic mass is 19.1. The van der Waals surface area contributed by atoms with Crippen molar-refractivity contribution in [3.05, 3.63) is 65.2 Å². The molecule has 0 radical (unpaired) electrons. The number of rotatable bonds is 3. The quantitative estimate of drug-likeness (QED) is 0.934. The van der Waals surface area contributed by atoms with Gasteiger partial charge in [-0.3, -0.25) is 14.6 Å². The third-order valence-corrected chi connectivity index (χ3v) is 4.62. The fraction of sp³-hybridized carbons (Fsp3) is 0.316. The summed E-state index contributed by atoms with van der Waals surface area (Å²) in [5.41, 5.74) is 1.48. The zero-order valence-corrected chi connectivity index (χ0v) is 14.2. The summed E-state index contributed by atoms with van der Waals surface area (Å²) in [7, 11) is 1.53. The van der Waals surface area contributed by atoms with Crippen molar-refractivity contribution in [2.45, 2.75) is 19.4 Å². The van der Waals surface area contributed by atoms with Crippen LogP contribution in [0.15, 0.2) is 42.6 Å². The van der Waals surface area contributed by atoms with Crippen molar-refractivity contribution < 1.29 is 14.0 Å². The minimum atomic E-state index is -0.305. The Morgan fingerprint density at radius 2 is 2.08 bits per heavy atom. The van der Waals surface area contributed by atoms with Crippen LogP contribution in [-0.2, 0) is 0 Å². The molecule has 1 aliphatic rings. The van der Waals surface area contributed by atoms with E-state index < -0.39 is 0 Å². The van der Waals surface area contributed by atoms with Gasteiger partial charge in [-0.1, -0.05) is 19.1 Å². The van der Waals surface area contributed by atoms with Crippen molar-refractivity contribution in [2.24, 2.45) is 5.92 Å². The fourth-order valence-corrected chi connectivity index (χ4v) is 3.32. The first-order valence-corrected chi connectivity index (χ1v) is 8.26. The second-order valence-electron chi connectivity index (χ2n) is 6.28. The first-order valence-electron chi connectivity index (χ1n) is 8.26. The Kier molecular flexibility index (Phi) is 4.79. The van der Waals surface area contributed by atoms with E-state index in [1.54, 1.807) is 17.0 Å². The zero-order chi connectivity index (χ0) is 18.0. The van der Waals surface area contributed by atoms with E-state index in [9.17, 15) is 14.0 Å². The lowest BCUT2D eigenvalue weighted by Crippen LogP contribution is -2.32. The topological polar surface area (TPSA) is 62.3 Å². The van der Waals surface area contributed by atoms with Gasteiger partial charge >= 0.3 is 0 Å². The molecule has 0 saturated carbocycles. The van der Waals surface area contributed by atoms with Gasteiger partial charge in [0.25, 0.3) is 11.8 Å². The van der Waals surface area contributed by atoms with E-state index in [1.807, 2.05) is 6.07 Å². The van der Waals surface area contributed by atoms with Crippen molar-refractivity contribution in [1.82, 2.24) is 15.2 Å². The van der Waals surface area contributed by atoms with E-state index in [0.717, 1.165) is 12.0 Å².